The van der Waals surface area contributed by atoms with Gasteiger partial charge in [0.2, 0.25) is 5.43 Å². The van der Waals surface area contributed by atoms with Gasteiger partial charge in [-0.1, -0.05) is 37.5 Å². The van der Waals surface area contributed by atoms with Crippen LogP contribution in [-0.4, -0.2) is 60.8 Å². The summed E-state index contributed by atoms with van der Waals surface area (Å²) in [7, 11) is 3.45. The Labute approximate surface area is 222 Å². The number of unbranched alkanes of at least 4 members (excludes halogenated alkanes) is 5. The van der Waals surface area contributed by atoms with Crippen molar-refractivity contribution >= 4 is 12.2 Å². The number of aromatic nitrogens is 1. The SMILES string of the molecule is CNCc1ccc(F)cc1OCC/C=C/CCCCCCCN1CN(C)C(=O)c2c(O)c(=O)c(C=O)cn21. The molecule has 1 aromatic heterocycles. The summed E-state index contributed by atoms with van der Waals surface area (Å²) < 4.78 is 20.7. The average Bonchev–Trinajstić information content (AvgIpc) is 2.90. The summed E-state index contributed by atoms with van der Waals surface area (Å²) in [6.07, 6.45) is 12.8. The molecular formula is C28H37FN4O5. The fraction of sp³-hybridized carbons (Fsp3) is 0.464. The van der Waals surface area contributed by atoms with Crippen molar-refractivity contribution in [3.8, 4) is 11.5 Å². The number of fused-ring (bicyclic) bond motifs is 1. The van der Waals surface area contributed by atoms with Crippen molar-refractivity contribution in [2.45, 2.75) is 51.5 Å². The number of nitrogens with one attached hydrogen (secondary N) is 1. The van der Waals surface area contributed by atoms with Crippen LogP contribution in [0.2, 0.25) is 0 Å². The third-order valence-corrected chi connectivity index (χ3v) is 6.44. The first-order chi connectivity index (χ1) is 18.4. The van der Waals surface area contributed by atoms with E-state index < -0.39 is 17.1 Å². The normalized spacial score (nSPS) is 13.3. The van der Waals surface area contributed by atoms with E-state index in [1.165, 1.54) is 27.9 Å². The van der Waals surface area contributed by atoms with Gasteiger partial charge in [0.25, 0.3) is 5.91 Å². The summed E-state index contributed by atoms with van der Waals surface area (Å²) in [5.41, 5.74) is -0.190. The van der Waals surface area contributed by atoms with Crippen LogP contribution >= 0.6 is 0 Å². The number of ether oxygens (including phenoxy) is 1. The molecule has 38 heavy (non-hydrogen) atoms. The first kappa shape index (κ1) is 28.9. The molecule has 2 heterocycles. The summed E-state index contributed by atoms with van der Waals surface area (Å²) in [6, 6.07) is 4.59. The molecule has 206 valence electrons. The van der Waals surface area contributed by atoms with Gasteiger partial charge in [-0.3, -0.25) is 24.1 Å². The van der Waals surface area contributed by atoms with Crippen LogP contribution in [0.15, 0.2) is 41.3 Å². The lowest BCUT2D eigenvalue weighted by Gasteiger charge is -2.38. The van der Waals surface area contributed by atoms with Gasteiger partial charge in [-0.15, -0.1) is 0 Å². The average molecular weight is 529 g/mol. The van der Waals surface area contributed by atoms with Crippen molar-refractivity contribution in [3.05, 3.63) is 69.4 Å². The first-order valence-corrected chi connectivity index (χ1v) is 13.0. The van der Waals surface area contributed by atoms with Crippen molar-refractivity contribution in [2.75, 3.05) is 38.9 Å². The van der Waals surface area contributed by atoms with Gasteiger partial charge in [-0.25, -0.2) is 4.39 Å². The fourth-order valence-corrected chi connectivity index (χ4v) is 4.41. The number of amides is 1. The van der Waals surface area contributed by atoms with E-state index in [0.717, 1.165) is 50.5 Å². The molecule has 0 aliphatic carbocycles. The molecule has 0 bridgehead atoms. The highest BCUT2D eigenvalue weighted by atomic mass is 19.1. The van der Waals surface area contributed by atoms with E-state index >= 15 is 0 Å². The van der Waals surface area contributed by atoms with E-state index in [4.69, 9.17) is 4.74 Å². The number of halogens is 1. The van der Waals surface area contributed by atoms with E-state index in [9.17, 15) is 23.9 Å². The van der Waals surface area contributed by atoms with Crippen molar-refractivity contribution in [2.24, 2.45) is 0 Å². The van der Waals surface area contributed by atoms with Crippen molar-refractivity contribution in [1.82, 2.24) is 14.9 Å². The molecule has 9 nitrogen and oxygen atoms in total. The van der Waals surface area contributed by atoms with E-state index in [1.54, 1.807) is 13.1 Å². The van der Waals surface area contributed by atoms with Gasteiger partial charge in [-0.2, -0.15) is 0 Å². The van der Waals surface area contributed by atoms with Crippen LogP contribution in [0.25, 0.3) is 0 Å². The number of allylic oxidation sites excluding steroid dienone is 1. The number of rotatable bonds is 15. The smallest absolute Gasteiger partial charge is 0.277 e. The summed E-state index contributed by atoms with van der Waals surface area (Å²) in [6.45, 7) is 2.04. The minimum atomic E-state index is -0.832. The van der Waals surface area contributed by atoms with Crippen molar-refractivity contribution in [1.29, 1.82) is 0 Å². The Hall–Kier alpha value is -3.66. The van der Waals surface area contributed by atoms with Crippen molar-refractivity contribution < 1.29 is 23.8 Å². The molecule has 10 heteroatoms. The van der Waals surface area contributed by atoms with Gasteiger partial charge in [0.15, 0.2) is 17.7 Å². The quantitative estimate of drug-likeness (QED) is 0.207. The molecular weight excluding hydrogens is 491 g/mol. The molecule has 1 aromatic carbocycles. The molecule has 2 aromatic rings. The van der Waals surface area contributed by atoms with Crippen molar-refractivity contribution in [3.63, 3.8) is 0 Å². The second-order valence-electron chi connectivity index (χ2n) is 9.40. The molecule has 0 unspecified atom stereocenters. The van der Waals surface area contributed by atoms with E-state index in [2.05, 4.69) is 17.5 Å². The summed E-state index contributed by atoms with van der Waals surface area (Å²) in [4.78, 5) is 37.2. The van der Waals surface area contributed by atoms with Gasteiger partial charge in [0.1, 0.15) is 18.2 Å². The number of hydrogen-bond donors (Lipinski definition) is 2. The number of benzene rings is 1. The van der Waals surface area contributed by atoms with Gasteiger partial charge in [0.05, 0.1) is 12.2 Å². The van der Waals surface area contributed by atoms with E-state index in [0.29, 0.717) is 38.4 Å². The van der Waals surface area contributed by atoms with Crippen LogP contribution in [-0.2, 0) is 6.54 Å². The molecule has 0 radical (unpaired) electrons. The summed E-state index contributed by atoms with van der Waals surface area (Å²) >= 11 is 0. The Morgan fingerprint density at radius 2 is 1.84 bits per heavy atom. The number of aromatic hydroxyl groups is 1. The maximum absolute atomic E-state index is 13.5. The van der Waals surface area contributed by atoms with Crippen LogP contribution in [0.4, 0.5) is 4.39 Å². The Kier molecular flexibility index (Phi) is 10.9. The summed E-state index contributed by atoms with van der Waals surface area (Å²) in [5.74, 6) is -0.876. The standard InChI is InChI=1S/C28H37FN4O5/c1-30-17-21-12-13-23(29)16-24(21)38-15-11-9-7-5-3-4-6-8-10-14-32-20-31(2)28(37)25-27(36)26(35)22(19-34)18-33(25)32/h7,9,12-13,16,18-19,30,36H,3-6,8,10-11,14-15,17,20H2,1-2H3/b9-7+. The number of nitrogens with zero attached hydrogens (tertiary/aromatic N) is 3. The van der Waals surface area contributed by atoms with Gasteiger partial charge >= 0.3 is 0 Å². The Bertz CT molecular complexity index is 1200. The zero-order chi connectivity index (χ0) is 27.5. The predicted molar refractivity (Wildman–Crippen MR) is 144 cm³/mol. The van der Waals surface area contributed by atoms with E-state index in [-0.39, 0.29) is 17.1 Å². The summed E-state index contributed by atoms with van der Waals surface area (Å²) in [5, 5.41) is 15.1. The van der Waals surface area contributed by atoms with Crippen LogP contribution in [0, 0.1) is 5.82 Å². The van der Waals surface area contributed by atoms with Gasteiger partial charge in [-0.05, 0) is 38.8 Å². The minimum Gasteiger partial charge on any atom is -0.502 e. The predicted octanol–water partition coefficient (Wildman–Crippen LogP) is 3.57. The molecule has 0 fully saturated rings. The maximum atomic E-state index is 13.5. The highest BCUT2D eigenvalue weighted by Crippen LogP contribution is 2.21. The van der Waals surface area contributed by atoms with Crippen LogP contribution in [0.1, 0.15) is 71.4 Å². The van der Waals surface area contributed by atoms with Gasteiger partial charge < -0.3 is 20.1 Å². The molecule has 2 N–H and O–H groups in total. The Morgan fingerprint density at radius 3 is 2.61 bits per heavy atom. The molecule has 0 saturated carbocycles. The topological polar surface area (TPSA) is 104 Å². The number of pyridine rings is 1. The Morgan fingerprint density at radius 1 is 1.11 bits per heavy atom. The zero-order valence-electron chi connectivity index (χ0n) is 22.1. The Balaban J connectivity index is 1.33. The molecule has 1 aliphatic heterocycles. The molecule has 0 spiro atoms. The monoisotopic (exact) mass is 528 g/mol. The highest BCUT2D eigenvalue weighted by molar-refractivity contribution is 5.96. The van der Waals surface area contributed by atoms with E-state index in [1.807, 2.05) is 12.1 Å². The molecule has 1 amide bonds. The number of carbonyl (C=O) groups is 2. The largest absolute Gasteiger partial charge is 0.502 e. The fourth-order valence-electron chi connectivity index (χ4n) is 4.41. The first-order valence-electron chi connectivity index (χ1n) is 13.0. The van der Waals surface area contributed by atoms with Crippen LogP contribution in [0.3, 0.4) is 0 Å². The lowest BCUT2D eigenvalue weighted by Crippen LogP contribution is -2.53. The molecule has 3 rings (SSSR count). The van der Waals surface area contributed by atoms with Gasteiger partial charge in [0, 0.05) is 38.0 Å². The second-order valence-corrected chi connectivity index (χ2v) is 9.40. The molecule has 0 saturated heterocycles. The molecule has 0 atom stereocenters. The third kappa shape index (κ3) is 7.44. The lowest BCUT2D eigenvalue weighted by molar-refractivity contribution is 0.0732. The number of hydrogen-bond acceptors (Lipinski definition) is 7. The second kappa shape index (κ2) is 14.3. The number of carbonyl (C=O) groups excluding carboxylic acids is 2. The maximum Gasteiger partial charge on any atom is 0.277 e. The lowest BCUT2D eigenvalue weighted by atomic mass is 10.1. The zero-order valence-corrected chi connectivity index (χ0v) is 22.1. The number of aldehydes is 1. The van der Waals surface area contributed by atoms with Crippen LogP contribution in [0.5, 0.6) is 11.5 Å². The highest BCUT2D eigenvalue weighted by Gasteiger charge is 2.31. The minimum absolute atomic E-state index is 0.110. The third-order valence-electron chi connectivity index (χ3n) is 6.44. The molecule has 1 aliphatic rings. The van der Waals surface area contributed by atoms with Crippen LogP contribution < -0.4 is 20.5 Å².